The number of hydrogen-bond donors (Lipinski definition) is 2. The molecule has 1 aromatic carbocycles. The van der Waals surface area contributed by atoms with E-state index in [1.54, 1.807) is 0 Å². The van der Waals surface area contributed by atoms with Gasteiger partial charge in [0.2, 0.25) is 11.8 Å². The standard InChI is InChI=1S/C18H27N3O2S.ClH/c1-13-5-7-16(8-6-13)20-17(22)11-24-12-18(23)21-9-3-4-15(10-21)14(2)19;/h5-8,14-15H,3-4,9-12,19H2,1-2H3,(H,20,22);1H. The first-order chi connectivity index (χ1) is 11.5. The molecule has 1 heterocycles. The van der Waals surface area contributed by atoms with E-state index in [0.29, 0.717) is 11.7 Å². The molecule has 0 aliphatic carbocycles. The second kappa shape index (κ2) is 10.7. The fraction of sp³-hybridized carbons (Fsp3) is 0.556. The molecule has 1 aromatic rings. The lowest BCUT2D eigenvalue weighted by molar-refractivity contribution is -0.130. The van der Waals surface area contributed by atoms with Gasteiger partial charge < -0.3 is 16.0 Å². The summed E-state index contributed by atoms with van der Waals surface area (Å²) >= 11 is 1.36. The molecule has 0 bridgehead atoms. The van der Waals surface area contributed by atoms with Crippen LogP contribution in [0.15, 0.2) is 24.3 Å². The Morgan fingerprint density at radius 2 is 2.00 bits per heavy atom. The molecular formula is C18H28ClN3O2S. The summed E-state index contributed by atoms with van der Waals surface area (Å²) in [5.74, 6) is 1.03. The highest BCUT2D eigenvalue weighted by Gasteiger charge is 2.25. The van der Waals surface area contributed by atoms with E-state index < -0.39 is 0 Å². The van der Waals surface area contributed by atoms with Gasteiger partial charge in [-0.25, -0.2) is 0 Å². The number of hydrogen-bond acceptors (Lipinski definition) is 4. The van der Waals surface area contributed by atoms with Crippen LogP contribution in [0, 0.1) is 12.8 Å². The summed E-state index contributed by atoms with van der Waals surface area (Å²) in [6, 6.07) is 7.79. The number of benzene rings is 1. The zero-order chi connectivity index (χ0) is 17.5. The van der Waals surface area contributed by atoms with Crippen molar-refractivity contribution in [1.82, 2.24) is 4.90 Å². The third-order valence-corrected chi connectivity index (χ3v) is 5.27. The zero-order valence-corrected chi connectivity index (χ0v) is 16.5. The number of amides is 2. The van der Waals surface area contributed by atoms with Crippen molar-refractivity contribution in [2.45, 2.75) is 32.7 Å². The first-order valence-electron chi connectivity index (χ1n) is 8.43. The summed E-state index contributed by atoms with van der Waals surface area (Å²) < 4.78 is 0. The minimum atomic E-state index is -0.0799. The molecule has 1 aliphatic rings. The van der Waals surface area contributed by atoms with Crippen LogP contribution in [-0.4, -0.2) is 47.4 Å². The highest BCUT2D eigenvalue weighted by atomic mass is 35.5. The number of nitrogens with zero attached hydrogens (tertiary/aromatic N) is 1. The van der Waals surface area contributed by atoms with Crippen molar-refractivity contribution in [1.29, 1.82) is 0 Å². The number of nitrogens with one attached hydrogen (secondary N) is 1. The molecule has 2 amide bonds. The number of piperidine rings is 1. The van der Waals surface area contributed by atoms with Crippen molar-refractivity contribution in [3.05, 3.63) is 29.8 Å². The number of carbonyl (C=O) groups excluding carboxylic acids is 2. The van der Waals surface area contributed by atoms with Crippen LogP contribution < -0.4 is 11.1 Å². The molecule has 0 radical (unpaired) electrons. The van der Waals surface area contributed by atoms with E-state index in [9.17, 15) is 9.59 Å². The quantitative estimate of drug-likeness (QED) is 0.789. The number of thioether (sulfide) groups is 1. The summed E-state index contributed by atoms with van der Waals surface area (Å²) in [4.78, 5) is 26.1. The Hall–Kier alpha value is -1.24. The predicted octanol–water partition coefficient (Wildman–Crippen LogP) is 2.67. The average Bonchev–Trinajstić information content (AvgIpc) is 2.57. The number of nitrogens with two attached hydrogens (primary N) is 1. The summed E-state index contributed by atoms with van der Waals surface area (Å²) in [7, 11) is 0. The molecular weight excluding hydrogens is 358 g/mol. The van der Waals surface area contributed by atoms with Crippen molar-refractivity contribution in [2.75, 3.05) is 29.9 Å². The van der Waals surface area contributed by atoms with Gasteiger partial charge in [0, 0.05) is 24.8 Å². The van der Waals surface area contributed by atoms with Gasteiger partial charge in [0.05, 0.1) is 11.5 Å². The highest BCUT2D eigenvalue weighted by molar-refractivity contribution is 8.00. The summed E-state index contributed by atoms with van der Waals surface area (Å²) in [5, 5.41) is 2.84. The molecule has 140 valence electrons. The van der Waals surface area contributed by atoms with E-state index in [4.69, 9.17) is 5.73 Å². The van der Waals surface area contributed by atoms with Crippen LogP contribution >= 0.6 is 24.2 Å². The predicted molar refractivity (Wildman–Crippen MR) is 107 cm³/mol. The fourth-order valence-corrected chi connectivity index (χ4v) is 3.54. The fourth-order valence-electron chi connectivity index (χ4n) is 2.82. The average molecular weight is 386 g/mol. The molecule has 3 N–H and O–H groups in total. The number of aryl methyl sites for hydroxylation is 1. The molecule has 0 spiro atoms. The van der Waals surface area contributed by atoms with E-state index >= 15 is 0 Å². The van der Waals surface area contributed by atoms with Crippen LogP contribution in [0.3, 0.4) is 0 Å². The van der Waals surface area contributed by atoms with E-state index in [-0.39, 0.29) is 36.0 Å². The minimum absolute atomic E-state index is 0. The van der Waals surface area contributed by atoms with Crippen LogP contribution in [0.2, 0.25) is 0 Å². The number of anilines is 1. The SMILES string of the molecule is Cc1ccc(NC(=O)CSCC(=O)N2CCCC(C(C)N)C2)cc1.Cl. The lowest BCUT2D eigenvalue weighted by atomic mass is 9.92. The van der Waals surface area contributed by atoms with Crippen LogP contribution in [-0.2, 0) is 9.59 Å². The molecule has 0 saturated carbocycles. The number of likely N-dealkylation sites (tertiary alicyclic amines) is 1. The largest absolute Gasteiger partial charge is 0.342 e. The van der Waals surface area contributed by atoms with Crippen LogP contribution in [0.4, 0.5) is 5.69 Å². The van der Waals surface area contributed by atoms with Crippen molar-refractivity contribution in [3.63, 3.8) is 0 Å². The second-order valence-electron chi connectivity index (χ2n) is 6.51. The topological polar surface area (TPSA) is 75.4 Å². The Morgan fingerprint density at radius 3 is 2.64 bits per heavy atom. The second-order valence-corrected chi connectivity index (χ2v) is 7.49. The molecule has 1 fully saturated rings. The summed E-state index contributed by atoms with van der Waals surface area (Å²) in [6.45, 7) is 5.55. The van der Waals surface area contributed by atoms with E-state index in [1.807, 2.05) is 43.0 Å². The number of rotatable bonds is 6. The zero-order valence-electron chi connectivity index (χ0n) is 14.9. The molecule has 2 atom stereocenters. The smallest absolute Gasteiger partial charge is 0.234 e. The molecule has 5 nitrogen and oxygen atoms in total. The third kappa shape index (κ3) is 7.26. The van der Waals surface area contributed by atoms with E-state index in [0.717, 1.165) is 37.2 Å². The Kier molecular flexibility index (Phi) is 9.32. The number of carbonyl (C=O) groups is 2. The summed E-state index contributed by atoms with van der Waals surface area (Å²) in [5.41, 5.74) is 7.89. The van der Waals surface area contributed by atoms with Gasteiger partial charge in [0.15, 0.2) is 0 Å². The molecule has 2 rings (SSSR count). The number of halogens is 1. The molecule has 2 unspecified atom stereocenters. The van der Waals surface area contributed by atoms with Gasteiger partial charge in [-0.3, -0.25) is 9.59 Å². The lowest BCUT2D eigenvalue weighted by Crippen LogP contribution is -2.45. The molecule has 7 heteroatoms. The molecule has 0 aromatic heterocycles. The Morgan fingerprint density at radius 1 is 1.32 bits per heavy atom. The normalized spacial score (nSPS) is 18.2. The van der Waals surface area contributed by atoms with Crippen molar-refractivity contribution in [2.24, 2.45) is 11.7 Å². The van der Waals surface area contributed by atoms with Crippen LogP contribution in [0.5, 0.6) is 0 Å². The first-order valence-corrected chi connectivity index (χ1v) is 9.59. The molecule has 1 aliphatic heterocycles. The van der Waals surface area contributed by atoms with Crippen molar-refractivity contribution in [3.8, 4) is 0 Å². The van der Waals surface area contributed by atoms with Gasteiger partial charge in [-0.2, -0.15) is 0 Å². The Bertz CT molecular complexity index is 566. The van der Waals surface area contributed by atoms with Gasteiger partial charge in [-0.05, 0) is 44.7 Å². The third-order valence-electron chi connectivity index (χ3n) is 4.35. The monoisotopic (exact) mass is 385 g/mol. The van der Waals surface area contributed by atoms with Crippen LogP contribution in [0.25, 0.3) is 0 Å². The minimum Gasteiger partial charge on any atom is -0.342 e. The first kappa shape index (κ1) is 21.8. The molecule has 25 heavy (non-hydrogen) atoms. The molecule has 1 saturated heterocycles. The highest BCUT2D eigenvalue weighted by Crippen LogP contribution is 2.19. The van der Waals surface area contributed by atoms with Gasteiger partial charge in [-0.15, -0.1) is 24.2 Å². The van der Waals surface area contributed by atoms with Crippen LogP contribution in [0.1, 0.15) is 25.3 Å². The van der Waals surface area contributed by atoms with Gasteiger partial charge in [0.1, 0.15) is 0 Å². The maximum atomic E-state index is 12.3. The Labute approximate surface area is 160 Å². The summed E-state index contributed by atoms with van der Waals surface area (Å²) in [6.07, 6.45) is 2.10. The lowest BCUT2D eigenvalue weighted by Gasteiger charge is -2.34. The maximum Gasteiger partial charge on any atom is 0.234 e. The van der Waals surface area contributed by atoms with Crippen molar-refractivity contribution >= 4 is 41.7 Å². The Balaban J connectivity index is 0.00000312. The van der Waals surface area contributed by atoms with Gasteiger partial charge in [-0.1, -0.05) is 17.7 Å². The van der Waals surface area contributed by atoms with E-state index in [1.165, 1.54) is 11.8 Å². The maximum absolute atomic E-state index is 12.3. The van der Waals surface area contributed by atoms with Crippen molar-refractivity contribution < 1.29 is 9.59 Å². The van der Waals surface area contributed by atoms with Gasteiger partial charge >= 0.3 is 0 Å². The van der Waals surface area contributed by atoms with E-state index in [2.05, 4.69) is 5.32 Å². The van der Waals surface area contributed by atoms with Gasteiger partial charge in [0.25, 0.3) is 0 Å².